The van der Waals surface area contributed by atoms with Gasteiger partial charge in [0, 0.05) is 43.1 Å². The van der Waals surface area contributed by atoms with E-state index in [0.29, 0.717) is 79.9 Å². The summed E-state index contributed by atoms with van der Waals surface area (Å²) in [6.45, 7) is 3.56. The Kier molecular flexibility index (Phi) is 13.2. The first-order chi connectivity index (χ1) is 47.7. The Hall–Kier alpha value is -12.7. The molecule has 2 aliphatic rings. The molecule has 18 nitrogen and oxygen atoms in total. The van der Waals surface area contributed by atoms with Gasteiger partial charge in [-0.15, -0.1) is 0 Å². The van der Waals surface area contributed by atoms with Gasteiger partial charge in [-0.1, -0.05) is 0 Å². The van der Waals surface area contributed by atoms with Crippen molar-refractivity contribution in [3.05, 3.63) is 215 Å². The summed E-state index contributed by atoms with van der Waals surface area (Å²) in [6, 6.07) is 57.1. The second-order valence-corrected chi connectivity index (χ2v) is 24.4. The number of imide groups is 2. The van der Waals surface area contributed by atoms with E-state index in [2.05, 4.69) is 0 Å². The van der Waals surface area contributed by atoms with Gasteiger partial charge in [-0.3, -0.25) is 19.2 Å². The molecule has 0 fully saturated rings. The van der Waals surface area contributed by atoms with E-state index < -0.39 is 23.6 Å². The second-order valence-electron chi connectivity index (χ2n) is 24.4. The van der Waals surface area contributed by atoms with Crippen molar-refractivity contribution < 1.29 is 57.1 Å². The summed E-state index contributed by atoms with van der Waals surface area (Å²) in [6.07, 6.45) is 0. The highest BCUT2D eigenvalue weighted by Gasteiger charge is 2.46. The molecule has 0 unspecified atom stereocenters. The third kappa shape index (κ3) is 8.26. The first-order valence-corrected chi connectivity index (χ1v) is 31.6. The number of carbonyl (C=O) groups excluding carboxylic acids is 4. The van der Waals surface area contributed by atoms with Gasteiger partial charge in [0.1, 0.15) is 46.0 Å². The van der Waals surface area contributed by atoms with E-state index in [1.54, 1.807) is 82.9 Å². The van der Waals surface area contributed by atoms with Crippen LogP contribution in [0.3, 0.4) is 0 Å². The lowest BCUT2D eigenvalue weighted by molar-refractivity contribution is 0.0909. The third-order valence-corrected chi connectivity index (χ3v) is 19.7. The van der Waals surface area contributed by atoms with E-state index >= 15 is 19.2 Å². The topological polar surface area (TPSA) is 168 Å². The Bertz CT molecular complexity index is 5140. The predicted molar refractivity (Wildman–Crippen MR) is 381 cm³/mol. The van der Waals surface area contributed by atoms with Crippen molar-refractivity contribution in [3.8, 4) is 68.7 Å². The van der Waals surface area contributed by atoms with Crippen molar-refractivity contribution >= 4 is 122 Å². The average molecular weight is 1300 g/mol. The molecule has 4 amide bonds. The lowest BCUT2D eigenvalue weighted by Gasteiger charge is -2.23. The summed E-state index contributed by atoms with van der Waals surface area (Å²) in [5.74, 6) is 2.69. The minimum atomic E-state index is -0.587. The molecule has 0 radical (unpaired) electrons. The van der Waals surface area contributed by atoms with Crippen molar-refractivity contribution in [2.24, 2.45) is 0 Å². The van der Waals surface area contributed by atoms with Crippen LogP contribution in [-0.4, -0.2) is 98.8 Å². The normalized spacial score (nSPS) is 13.0. The first-order valence-electron chi connectivity index (χ1n) is 31.6. The van der Waals surface area contributed by atoms with Gasteiger partial charge in [0.05, 0.1) is 157 Å². The number of ether oxygens (including phenoxy) is 8. The van der Waals surface area contributed by atoms with Crippen LogP contribution >= 0.6 is 0 Å². The molecule has 15 aromatic rings. The number of fused-ring (bicyclic) bond motifs is 14. The molecule has 0 spiro atoms. The molecule has 11 aromatic carbocycles. The van der Waals surface area contributed by atoms with Gasteiger partial charge in [0.25, 0.3) is 23.6 Å². The van der Waals surface area contributed by atoms with E-state index in [1.165, 1.54) is 9.80 Å². The number of rotatable bonds is 14. The maximum Gasteiger partial charge on any atom is 0.268 e. The van der Waals surface area contributed by atoms with Crippen molar-refractivity contribution in [2.75, 3.05) is 66.7 Å². The van der Waals surface area contributed by atoms with E-state index in [1.807, 2.05) is 188 Å². The molecule has 6 heterocycles. The van der Waals surface area contributed by atoms with Gasteiger partial charge >= 0.3 is 0 Å². The minimum absolute atomic E-state index is 0.153. The molecule has 0 saturated carbocycles. The average Bonchev–Trinajstić information content (AvgIpc) is 1.55. The highest BCUT2D eigenvalue weighted by molar-refractivity contribution is 6.39. The summed E-state index contributed by atoms with van der Waals surface area (Å²) in [5.41, 5.74) is 9.81. The van der Waals surface area contributed by atoms with Crippen molar-refractivity contribution in [2.45, 2.75) is 13.8 Å². The van der Waals surface area contributed by atoms with Crippen LogP contribution in [0.2, 0.25) is 0 Å². The summed E-state index contributed by atoms with van der Waals surface area (Å²) in [4.78, 5) is 67.8. The zero-order valence-corrected chi connectivity index (χ0v) is 54.9. The molecule has 0 saturated heterocycles. The van der Waals surface area contributed by atoms with Crippen LogP contribution in [-0.2, 0) is 0 Å². The summed E-state index contributed by atoms with van der Waals surface area (Å²) >= 11 is 0. The van der Waals surface area contributed by atoms with E-state index in [0.717, 1.165) is 87.2 Å². The second kappa shape index (κ2) is 21.9. The number of carbonyl (C=O) groups is 4. The number of methoxy groups -OCH3 is 8. The molecule has 0 atom stereocenters. The number of hydrogen-bond acceptors (Lipinski definition) is 12. The molecule has 0 aliphatic carbocycles. The molecule has 0 N–H and O–H groups in total. The molecule has 482 valence electrons. The highest BCUT2D eigenvalue weighted by Crippen LogP contribution is 2.49. The van der Waals surface area contributed by atoms with Crippen LogP contribution in [0.25, 0.3) is 110 Å². The Morgan fingerprint density at radius 2 is 0.378 bits per heavy atom. The van der Waals surface area contributed by atoms with Gasteiger partial charge in [-0.05, 0) is 207 Å². The fourth-order valence-corrected chi connectivity index (χ4v) is 15.1. The summed E-state index contributed by atoms with van der Waals surface area (Å²) < 4.78 is 54.1. The van der Waals surface area contributed by atoms with E-state index in [-0.39, 0.29) is 33.6 Å². The van der Waals surface area contributed by atoms with E-state index in [4.69, 9.17) is 37.9 Å². The monoisotopic (exact) mass is 1300 g/mol. The van der Waals surface area contributed by atoms with Crippen LogP contribution in [0.15, 0.2) is 182 Å². The van der Waals surface area contributed by atoms with Gasteiger partial charge < -0.3 is 56.2 Å². The molecule has 0 bridgehead atoms. The quantitative estimate of drug-likeness (QED) is 0.0946. The number of nitrogens with zero attached hydrogens (tertiary/aromatic N) is 6. The smallest absolute Gasteiger partial charge is 0.268 e. The first kappa shape index (κ1) is 59.1. The largest absolute Gasteiger partial charge is 0.497 e. The lowest BCUT2D eigenvalue weighted by atomic mass is 10.0. The van der Waals surface area contributed by atoms with Crippen LogP contribution in [0, 0.1) is 13.8 Å². The summed E-state index contributed by atoms with van der Waals surface area (Å²) in [7, 11) is 12.9. The minimum Gasteiger partial charge on any atom is -0.497 e. The molecule has 4 aromatic heterocycles. The number of anilines is 2. The number of benzene rings is 11. The number of amides is 4. The number of aryl methyl sites for hydroxylation is 2. The van der Waals surface area contributed by atoms with Crippen LogP contribution in [0.4, 0.5) is 11.4 Å². The van der Waals surface area contributed by atoms with Crippen LogP contribution in [0.5, 0.6) is 46.0 Å². The Labute approximate surface area is 559 Å². The maximum absolute atomic E-state index is 16.3. The predicted octanol–water partition coefficient (Wildman–Crippen LogP) is 16.4. The fraction of sp³-hybridized carbons (Fsp3) is 0.125. The van der Waals surface area contributed by atoms with Gasteiger partial charge in [-0.2, -0.15) is 0 Å². The van der Waals surface area contributed by atoms with E-state index in [9.17, 15) is 0 Å². The van der Waals surface area contributed by atoms with Crippen LogP contribution in [0.1, 0.15) is 52.6 Å². The molecule has 18 heteroatoms. The third-order valence-electron chi connectivity index (χ3n) is 19.7. The number of aromatic nitrogens is 4. The van der Waals surface area contributed by atoms with Gasteiger partial charge in [-0.25, -0.2) is 9.80 Å². The molecule has 2 aliphatic heterocycles. The number of hydrogen-bond donors (Lipinski definition) is 0. The van der Waals surface area contributed by atoms with Crippen molar-refractivity contribution in [1.29, 1.82) is 0 Å². The molecular weight excluding hydrogens is 1240 g/mol. The Morgan fingerprint density at radius 1 is 0.214 bits per heavy atom. The maximum atomic E-state index is 16.3. The molecule has 17 rings (SSSR count). The van der Waals surface area contributed by atoms with Crippen molar-refractivity contribution in [3.63, 3.8) is 0 Å². The lowest BCUT2D eigenvalue weighted by Crippen LogP contribution is -2.32. The SMILES string of the molecule is COc1ccc2c(c1)c1cc(OC)ccc1n2-c1ccc(-n2c3ccc(OC)cc3c3cc(OC)ccc32)c2c1C(=O)N(c1cc(C)c(N3C(=O)c4c(-n5c6ccc(OC)cc6c6cc(OC)ccc65)ccc(-n5c6ccc(OC)cc6c6cc(OC)ccc65)c4C3=O)cc1C)C2=O. The summed E-state index contributed by atoms with van der Waals surface area (Å²) in [5, 5.41) is 6.65. The highest BCUT2D eigenvalue weighted by atomic mass is 16.5. The van der Waals surface area contributed by atoms with Gasteiger partial charge in [0.15, 0.2) is 0 Å². The zero-order valence-electron chi connectivity index (χ0n) is 54.9. The van der Waals surface area contributed by atoms with Crippen LogP contribution < -0.4 is 47.7 Å². The fourth-order valence-electron chi connectivity index (χ4n) is 15.1. The molecular formula is C80H60N6O12. The Morgan fingerprint density at radius 3 is 0.531 bits per heavy atom. The van der Waals surface area contributed by atoms with Gasteiger partial charge in [0.2, 0.25) is 0 Å². The standard InChI is InChI=1S/C80H60N6O12/c1-41-31-72(86-79(89)75-69(83-63-23-15-47(95-7)37-55(63)56-38-48(96-8)16-24-64(56)83)29-30-70(76(75)80(86)90)84-65-25-17-49(97-9)39-57(65)58-40-50(98-10)18-26-66(58)84)42(2)32-71(41)85-77(87)73-67(81-59-19-11-43(91-3)33-51(59)52-34-44(92-4)12-20-60(52)81)27-28-68(74(73)78(85)88)82-61-21-13-45(93-5)35-53(61)54-36-46(94-6)14-22-62(54)82/h11-40H,1-10H3. The van der Waals surface area contributed by atoms with Crippen molar-refractivity contribution in [1.82, 2.24) is 18.3 Å². The molecule has 98 heavy (non-hydrogen) atoms. The Balaban J connectivity index is 0.870. The zero-order chi connectivity index (χ0) is 67.4.